The first-order chi connectivity index (χ1) is 10.7. The van der Waals surface area contributed by atoms with Crippen molar-refractivity contribution in [3.8, 4) is 0 Å². The molecule has 4 heteroatoms. The summed E-state index contributed by atoms with van der Waals surface area (Å²) in [6, 6.07) is 18.4. The average Bonchev–Trinajstić information content (AvgIpc) is 2.55. The lowest BCUT2D eigenvalue weighted by atomic mass is 10.2. The maximum atomic E-state index is 11.7. The molecule has 0 spiro atoms. The fourth-order valence-electron chi connectivity index (χ4n) is 1.95. The molecule has 116 valence electrons. The van der Waals surface area contributed by atoms with Crippen LogP contribution in [0.25, 0.3) is 0 Å². The minimum absolute atomic E-state index is 0.111. The molecule has 0 saturated heterocycles. The van der Waals surface area contributed by atoms with E-state index in [4.69, 9.17) is 0 Å². The van der Waals surface area contributed by atoms with Crippen molar-refractivity contribution in [1.82, 2.24) is 10.6 Å². The highest BCUT2D eigenvalue weighted by molar-refractivity contribution is 7.98. The molecule has 0 fully saturated rings. The number of hydrogen-bond acceptors (Lipinski definition) is 2. The molecule has 22 heavy (non-hydrogen) atoms. The molecular weight excluding hydrogens is 292 g/mol. The number of rotatable bonds is 7. The number of amides is 2. The molecule has 0 saturated carbocycles. The van der Waals surface area contributed by atoms with E-state index in [1.165, 1.54) is 11.1 Å². The van der Waals surface area contributed by atoms with E-state index < -0.39 is 0 Å². The molecule has 0 atom stereocenters. The van der Waals surface area contributed by atoms with Gasteiger partial charge in [-0.3, -0.25) is 0 Å². The lowest BCUT2D eigenvalue weighted by molar-refractivity contribution is 0.241. The Morgan fingerprint density at radius 3 is 2.41 bits per heavy atom. The van der Waals surface area contributed by atoms with Gasteiger partial charge < -0.3 is 10.6 Å². The summed E-state index contributed by atoms with van der Waals surface area (Å²) in [5.41, 5.74) is 3.71. The first-order valence-corrected chi connectivity index (χ1v) is 8.58. The third-order valence-electron chi connectivity index (χ3n) is 3.22. The fourth-order valence-corrected chi connectivity index (χ4v) is 2.77. The molecule has 2 aromatic rings. The van der Waals surface area contributed by atoms with Crippen molar-refractivity contribution >= 4 is 17.8 Å². The van der Waals surface area contributed by atoms with Gasteiger partial charge in [-0.2, -0.15) is 11.8 Å². The predicted molar refractivity (Wildman–Crippen MR) is 94.0 cm³/mol. The van der Waals surface area contributed by atoms with Gasteiger partial charge in [0.05, 0.1) is 0 Å². The van der Waals surface area contributed by atoms with Crippen LogP contribution in [0.2, 0.25) is 0 Å². The standard InChI is InChI=1S/C18H22N2OS/c1-15-7-9-17(10-8-15)14-22-12-11-19-18(21)20-13-16-5-3-2-4-6-16/h2-10H,11-14H2,1H3,(H2,19,20,21). The van der Waals surface area contributed by atoms with Crippen LogP contribution in [-0.2, 0) is 12.3 Å². The average molecular weight is 314 g/mol. The van der Waals surface area contributed by atoms with Crippen LogP contribution in [-0.4, -0.2) is 18.3 Å². The Hall–Kier alpha value is -1.94. The summed E-state index contributed by atoms with van der Waals surface area (Å²) in [5.74, 6) is 1.89. The quantitative estimate of drug-likeness (QED) is 0.765. The molecule has 0 aromatic heterocycles. The Labute approximate surface area is 136 Å². The molecule has 3 nitrogen and oxygen atoms in total. The molecule has 0 aliphatic rings. The Morgan fingerprint density at radius 2 is 1.68 bits per heavy atom. The first-order valence-electron chi connectivity index (χ1n) is 7.43. The molecule has 2 N–H and O–H groups in total. The number of thioether (sulfide) groups is 1. The summed E-state index contributed by atoms with van der Waals surface area (Å²) >= 11 is 1.83. The van der Waals surface area contributed by atoms with Crippen molar-refractivity contribution in [1.29, 1.82) is 0 Å². The van der Waals surface area contributed by atoms with E-state index in [1.807, 2.05) is 42.1 Å². The summed E-state index contributed by atoms with van der Waals surface area (Å²) in [7, 11) is 0. The normalized spacial score (nSPS) is 10.2. The highest BCUT2D eigenvalue weighted by Crippen LogP contribution is 2.12. The van der Waals surface area contributed by atoms with Gasteiger partial charge in [0, 0.05) is 24.6 Å². The molecule has 0 heterocycles. The zero-order valence-electron chi connectivity index (χ0n) is 12.8. The van der Waals surface area contributed by atoms with Gasteiger partial charge >= 0.3 is 6.03 Å². The van der Waals surface area contributed by atoms with Gasteiger partial charge in [-0.1, -0.05) is 60.2 Å². The van der Waals surface area contributed by atoms with Gasteiger partial charge in [-0.25, -0.2) is 4.79 Å². The van der Waals surface area contributed by atoms with Crippen molar-refractivity contribution in [2.24, 2.45) is 0 Å². The molecule has 0 unspecified atom stereocenters. The predicted octanol–water partition coefficient (Wildman–Crippen LogP) is 3.73. The van der Waals surface area contributed by atoms with Gasteiger partial charge in [-0.15, -0.1) is 0 Å². The van der Waals surface area contributed by atoms with Gasteiger partial charge in [0.25, 0.3) is 0 Å². The fraction of sp³-hybridized carbons (Fsp3) is 0.278. The SMILES string of the molecule is Cc1ccc(CSCCNC(=O)NCc2ccccc2)cc1. The van der Waals surface area contributed by atoms with Crippen molar-refractivity contribution in [2.75, 3.05) is 12.3 Å². The largest absolute Gasteiger partial charge is 0.337 e. The van der Waals surface area contributed by atoms with Crippen molar-refractivity contribution in [2.45, 2.75) is 19.2 Å². The molecule has 2 aromatic carbocycles. The van der Waals surface area contributed by atoms with Crippen molar-refractivity contribution < 1.29 is 4.79 Å². The van der Waals surface area contributed by atoms with Crippen LogP contribution < -0.4 is 10.6 Å². The number of benzene rings is 2. The van der Waals surface area contributed by atoms with Crippen LogP contribution in [0.4, 0.5) is 4.79 Å². The monoisotopic (exact) mass is 314 g/mol. The van der Waals surface area contributed by atoms with Gasteiger partial charge in [0.15, 0.2) is 0 Å². The number of urea groups is 1. The van der Waals surface area contributed by atoms with Gasteiger partial charge in [0.1, 0.15) is 0 Å². The number of carbonyl (C=O) groups is 1. The number of hydrogen-bond donors (Lipinski definition) is 2. The van der Waals surface area contributed by atoms with E-state index in [-0.39, 0.29) is 6.03 Å². The summed E-state index contributed by atoms with van der Waals surface area (Å²) in [6.07, 6.45) is 0. The minimum Gasteiger partial charge on any atom is -0.337 e. The van der Waals surface area contributed by atoms with E-state index in [0.717, 1.165) is 17.1 Å². The van der Waals surface area contributed by atoms with Crippen molar-refractivity contribution in [3.05, 3.63) is 71.3 Å². The molecule has 0 aliphatic heterocycles. The third kappa shape index (κ3) is 6.22. The number of nitrogens with one attached hydrogen (secondary N) is 2. The maximum Gasteiger partial charge on any atom is 0.315 e. The Kier molecular flexibility index (Phi) is 6.84. The third-order valence-corrected chi connectivity index (χ3v) is 4.25. The minimum atomic E-state index is -0.111. The lowest BCUT2D eigenvalue weighted by Crippen LogP contribution is -2.36. The summed E-state index contributed by atoms with van der Waals surface area (Å²) < 4.78 is 0. The number of aryl methyl sites for hydroxylation is 1. The summed E-state index contributed by atoms with van der Waals surface area (Å²) in [6.45, 7) is 3.33. The molecule has 0 radical (unpaired) electrons. The van der Waals surface area contributed by atoms with Crippen LogP contribution in [0, 0.1) is 6.92 Å². The highest BCUT2D eigenvalue weighted by Gasteiger charge is 2.00. The number of carbonyl (C=O) groups excluding carboxylic acids is 1. The smallest absolute Gasteiger partial charge is 0.315 e. The van der Waals surface area contributed by atoms with E-state index in [0.29, 0.717) is 13.1 Å². The summed E-state index contributed by atoms with van der Waals surface area (Å²) in [5, 5.41) is 5.73. The molecule has 0 bridgehead atoms. The zero-order chi connectivity index (χ0) is 15.6. The van der Waals surface area contributed by atoms with E-state index in [2.05, 4.69) is 41.8 Å². The van der Waals surface area contributed by atoms with Crippen LogP contribution in [0.3, 0.4) is 0 Å². The van der Waals surface area contributed by atoms with Crippen LogP contribution in [0.15, 0.2) is 54.6 Å². The summed E-state index contributed by atoms with van der Waals surface area (Å²) in [4.78, 5) is 11.7. The Balaban J connectivity index is 1.54. The first kappa shape index (κ1) is 16.4. The van der Waals surface area contributed by atoms with E-state index in [9.17, 15) is 4.79 Å². The lowest BCUT2D eigenvalue weighted by Gasteiger charge is -2.08. The van der Waals surface area contributed by atoms with Crippen molar-refractivity contribution in [3.63, 3.8) is 0 Å². The molecule has 0 aliphatic carbocycles. The maximum absolute atomic E-state index is 11.7. The highest BCUT2D eigenvalue weighted by atomic mass is 32.2. The van der Waals surface area contributed by atoms with Gasteiger partial charge in [0.2, 0.25) is 0 Å². The second-order valence-electron chi connectivity index (χ2n) is 5.13. The Morgan fingerprint density at radius 1 is 0.955 bits per heavy atom. The van der Waals surface area contributed by atoms with Crippen LogP contribution in [0.5, 0.6) is 0 Å². The molecular formula is C18H22N2OS. The Bertz CT molecular complexity index is 569. The zero-order valence-corrected chi connectivity index (χ0v) is 13.7. The molecule has 2 rings (SSSR count). The second kappa shape index (κ2) is 9.15. The van der Waals surface area contributed by atoms with E-state index >= 15 is 0 Å². The topological polar surface area (TPSA) is 41.1 Å². The van der Waals surface area contributed by atoms with Crippen LogP contribution in [0.1, 0.15) is 16.7 Å². The second-order valence-corrected chi connectivity index (χ2v) is 6.24. The van der Waals surface area contributed by atoms with Crippen LogP contribution >= 0.6 is 11.8 Å². The molecule has 2 amide bonds. The van der Waals surface area contributed by atoms with E-state index in [1.54, 1.807) is 0 Å². The van der Waals surface area contributed by atoms with Gasteiger partial charge in [-0.05, 0) is 18.1 Å².